The van der Waals surface area contributed by atoms with Crippen LogP contribution in [-0.4, -0.2) is 54.1 Å². The SMILES string of the molecule is CC(C)CC1NC(C)N(CC(C)(C)N(C)C)C1=O. The molecule has 18 heavy (non-hydrogen) atoms. The molecule has 0 saturated carbocycles. The summed E-state index contributed by atoms with van der Waals surface area (Å²) in [5.41, 5.74) is -0.00167. The average molecular weight is 255 g/mol. The maximum atomic E-state index is 12.4. The van der Waals surface area contributed by atoms with Crippen LogP contribution in [0.25, 0.3) is 0 Å². The zero-order valence-electron chi connectivity index (χ0n) is 12.9. The molecule has 2 atom stereocenters. The smallest absolute Gasteiger partial charge is 0.241 e. The van der Waals surface area contributed by atoms with Gasteiger partial charge in [-0.2, -0.15) is 0 Å². The van der Waals surface area contributed by atoms with E-state index < -0.39 is 0 Å². The number of hydrogen-bond acceptors (Lipinski definition) is 3. The molecule has 0 spiro atoms. The standard InChI is InChI=1S/C14H29N3O/c1-10(2)8-12-13(18)17(11(3)15-12)9-14(4,5)16(6)7/h10-12,15H,8-9H2,1-7H3. The maximum Gasteiger partial charge on any atom is 0.241 e. The molecule has 1 rings (SSSR count). The zero-order chi connectivity index (χ0) is 14.1. The van der Waals surface area contributed by atoms with Gasteiger partial charge in [0.25, 0.3) is 0 Å². The van der Waals surface area contributed by atoms with Crippen molar-refractivity contribution in [1.29, 1.82) is 0 Å². The molecule has 2 unspecified atom stereocenters. The minimum atomic E-state index is -0.00189. The second-order valence-electron chi connectivity index (χ2n) is 6.70. The lowest BCUT2D eigenvalue weighted by molar-refractivity contribution is -0.131. The molecule has 1 saturated heterocycles. The van der Waals surface area contributed by atoms with Crippen molar-refractivity contribution in [3.8, 4) is 0 Å². The molecule has 0 aromatic carbocycles. The van der Waals surface area contributed by atoms with Crippen molar-refractivity contribution in [2.45, 2.75) is 58.8 Å². The van der Waals surface area contributed by atoms with Crippen molar-refractivity contribution in [2.24, 2.45) is 5.92 Å². The first-order valence-electron chi connectivity index (χ1n) is 6.89. The van der Waals surface area contributed by atoms with Crippen LogP contribution in [0.15, 0.2) is 0 Å². The Morgan fingerprint density at radius 1 is 1.39 bits per heavy atom. The lowest BCUT2D eigenvalue weighted by atomic mass is 10.0. The Morgan fingerprint density at radius 3 is 2.39 bits per heavy atom. The Labute approximate surface area is 112 Å². The van der Waals surface area contributed by atoms with Gasteiger partial charge in [0.1, 0.15) is 0 Å². The third-order valence-electron chi connectivity index (χ3n) is 3.97. The monoisotopic (exact) mass is 255 g/mol. The van der Waals surface area contributed by atoms with E-state index in [4.69, 9.17) is 0 Å². The van der Waals surface area contributed by atoms with Gasteiger partial charge in [0.2, 0.25) is 5.91 Å². The van der Waals surface area contributed by atoms with Gasteiger partial charge in [-0.15, -0.1) is 0 Å². The molecule has 0 radical (unpaired) electrons. The van der Waals surface area contributed by atoms with E-state index in [-0.39, 0.29) is 23.7 Å². The third-order valence-corrected chi connectivity index (χ3v) is 3.97. The molecule has 106 valence electrons. The number of amides is 1. The average Bonchev–Trinajstić information content (AvgIpc) is 2.44. The first-order chi connectivity index (χ1) is 8.15. The fraction of sp³-hybridized carbons (Fsp3) is 0.929. The number of rotatable bonds is 5. The molecule has 1 amide bonds. The van der Waals surface area contributed by atoms with Crippen molar-refractivity contribution in [3.05, 3.63) is 0 Å². The van der Waals surface area contributed by atoms with Gasteiger partial charge in [0, 0.05) is 12.1 Å². The Morgan fingerprint density at radius 2 is 1.94 bits per heavy atom. The number of carbonyl (C=O) groups is 1. The molecule has 1 aliphatic heterocycles. The lowest BCUT2D eigenvalue weighted by Gasteiger charge is -2.37. The number of nitrogens with zero attached hydrogens (tertiary/aromatic N) is 2. The number of likely N-dealkylation sites (N-methyl/N-ethyl adjacent to an activating group) is 1. The van der Waals surface area contributed by atoms with Crippen molar-refractivity contribution in [2.75, 3.05) is 20.6 Å². The molecular formula is C14H29N3O. The second kappa shape index (κ2) is 5.57. The van der Waals surface area contributed by atoms with Gasteiger partial charge in [-0.3, -0.25) is 10.1 Å². The van der Waals surface area contributed by atoms with Gasteiger partial charge in [0.15, 0.2) is 0 Å². The predicted octanol–water partition coefficient (Wildman–Crippen LogP) is 1.52. The van der Waals surface area contributed by atoms with Gasteiger partial charge in [-0.1, -0.05) is 13.8 Å². The van der Waals surface area contributed by atoms with Crippen LogP contribution in [0.5, 0.6) is 0 Å². The second-order valence-corrected chi connectivity index (χ2v) is 6.70. The molecule has 0 aromatic rings. The molecular weight excluding hydrogens is 226 g/mol. The van der Waals surface area contributed by atoms with Crippen molar-refractivity contribution >= 4 is 5.91 Å². The Balaban J connectivity index is 2.70. The van der Waals surface area contributed by atoms with Gasteiger partial charge < -0.3 is 9.80 Å². The summed E-state index contributed by atoms with van der Waals surface area (Å²) in [6.07, 6.45) is 1.06. The predicted molar refractivity (Wildman–Crippen MR) is 75.3 cm³/mol. The lowest BCUT2D eigenvalue weighted by Crippen LogP contribution is -2.51. The topological polar surface area (TPSA) is 35.6 Å². The highest BCUT2D eigenvalue weighted by atomic mass is 16.2. The van der Waals surface area contributed by atoms with E-state index in [1.807, 2.05) is 4.90 Å². The molecule has 4 nitrogen and oxygen atoms in total. The van der Waals surface area contributed by atoms with E-state index in [9.17, 15) is 4.79 Å². The van der Waals surface area contributed by atoms with Gasteiger partial charge >= 0.3 is 0 Å². The van der Waals surface area contributed by atoms with Gasteiger partial charge in [0.05, 0.1) is 12.2 Å². The number of nitrogens with one attached hydrogen (secondary N) is 1. The van der Waals surface area contributed by atoms with E-state index in [0.717, 1.165) is 13.0 Å². The highest BCUT2D eigenvalue weighted by Gasteiger charge is 2.39. The van der Waals surface area contributed by atoms with Gasteiger partial charge in [-0.05, 0) is 47.2 Å². The number of carbonyl (C=O) groups excluding carboxylic acids is 1. The van der Waals surface area contributed by atoms with Gasteiger partial charge in [-0.25, -0.2) is 0 Å². The quantitative estimate of drug-likeness (QED) is 0.809. The van der Waals surface area contributed by atoms with Crippen LogP contribution in [0.3, 0.4) is 0 Å². The van der Waals surface area contributed by atoms with Crippen molar-refractivity contribution < 1.29 is 4.79 Å². The highest BCUT2D eigenvalue weighted by molar-refractivity contribution is 5.84. The summed E-state index contributed by atoms with van der Waals surface area (Å²) in [5, 5.41) is 3.40. The van der Waals surface area contributed by atoms with Crippen LogP contribution >= 0.6 is 0 Å². The fourth-order valence-corrected chi connectivity index (χ4v) is 2.26. The largest absolute Gasteiger partial charge is 0.324 e. The summed E-state index contributed by atoms with van der Waals surface area (Å²) in [5.74, 6) is 0.798. The first kappa shape index (κ1) is 15.4. The normalized spacial score (nSPS) is 25.6. The van der Waals surface area contributed by atoms with Crippen LogP contribution in [0.4, 0.5) is 0 Å². The number of hydrogen-bond donors (Lipinski definition) is 1. The molecule has 4 heteroatoms. The van der Waals surface area contributed by atoms with E-state index in [1.54, 1.807) is 0 Å². The van der Waals surface area contributed by atoms with E-state index in [2.05, 4.69) is 58.9 Å². The minimum absolute atomic E-state index is 0.00167. The van der Waals surface area contributed by atoms with Crippen molar-refractivity contribution in [3.63, 3.8) is 0 Å². The van der Waals surface area contributed by atoms with Crippen LogP contribution in [0.2, 0.25) is 0 Å². The highest BCUT2D eigenvalue weighted by Crippen LogP contribution is 2.21. The Hall–Kier alpha value is -0.610. The zero-order valence-corrected chi connectivity index (χ0v) is 12.9. The Bertz CT molecular complexity index is 299. The van der Waals surface area contributed by atoms with E-state index in [0.29, 0.717) is 5.92 Å². The third kappa shape index (κ3) is 3.45. The molecule has 1 aliphatic rings. The maximum absolute atomic E-state index is 12.4. The fourth-order valence-electron chi connectivity index (χ4n) is 2.26. The van der Waals surface area contributed by atoms with Crippen LogP contribution in [0.1, 0.15) is 41.0 Å². The van der Waals surface area contributed by atoms with Crippen molar-refractivity contribution in [1.82, 2.24) is 15.1 Å². The molecule has 0 aromatic heterocycles. The molecule has 0 aliphatic carbocycles. The summed E-state index contributed by atoms with van der Waals surface area (Å²) in [4.78, 5) is 16.5. The summed E-state index contributed by atoms with van der Waals surface area (Å²) < 4.78 is 0. The summed E-state index contributed by atoms with van der Waals surface area (Å²) in [7, 11) is 4.12. The molecule has 0 bridgehead atoms. The Kier molecular flexibility index (Phi) is 4.78. The summed E-state index contributed by atoms with van der Waals surface area (Å²) in [6, 6.07) is -0.00189. The van der Waals surface area contributed by atoms with E-state index in [1.165, 1.54) is 0 Å². The van der Waals surface area contributed by atoms with Crippen LogP contribution in [0, 0.1) is 5.92 Å². The summed E-state index contributed by atoms with van der Waals surface area (Å²) >= 11 is 0. The first-order valence-corrected chi connectivity index (χ1v) is 6.89. The molecule has 1 N–H and O–H groups in total. The van der Waals surface area contributed by atoms with Crippen LogP contribution in [-0.2, 0) is 4.79 Å². The van der Waals surface area contributed by atoms with Crippen LogP contribution < -0.4 is 5.32 Å². The minimum Gasteiger partial charge on any atom is -0.324 e. The molecule has 1 fully saturated rings. The molecule has 1 heterocycles. The summed E-state index contributed by atoms with van der Waals surface area (Å²) in [6.45, 7) is 11.5. The van der Waals surface area contributed by atoms with E-state index >= 15 is 0 Å².